The molecule has 0 spiro atoms. The van der Waals surface area contributed by atoms with Crippen molar-refractivity contribution in [2.75, 3.05) is 0 Å². The molecule has 0 saturated carbocycles. The molecule has 0 aromatic heterocycles. The summed E-state index contributed by atoms with van der Waals surface area (Å²) in [6.45, 7) is 7.03. The standard InChI is InChI=1S/C12H15Br/c1-8-9-5-4-6-11(13)10(9)7-12(8,2)3/h4-6,8H,7H2,1-3H3/t8-/m1/s1. The van der Waals surface area contributed by atoms with Gasteiger partial charge in [0.05, 0.1) is 0 Å². The first-order valence-electron chi connectivity index (χ1n) is 4.79. The molecule has 0 bridgehead atoms. The minimum absolute atomic E-state index is 0.423. The normalized spacial score (nSPS) is 24.5. The minimum atomic E-state index is 0.423. The monoisotopic (exact) mass is 238 g/mol. The summed E-state index contributed by atoms with van der Waals surface area (Å²) in [7, 11) is 0. The van der Waals surface area contributed by atoms with Crippen LogP contribution >= 0.6 is 15.9 Å². The first-order chi connectivity index (χ1) is 6.02. The molecular formula is C12H15Br. The van der Waals surface area contributed by atoms with Gasteiger partial charge >= 0.3 is 0 Å². The summed E-state index contributed by atoms with van der Waals surface area (Å²) in [6, 6.07) is 6.55. The minimum Gasteiger partial charge on any atom is -0.0608 e. The average molecular weight is 239 g/mol. The van der Waals surface area contributed by atoms with Gasteiger partial charge in [-0.3, -0.25) is 0 Å². The summed E-state index contributed by atoms with van der Waals surface area (Å²) in [4.78, 5) is 0. The van der Waals surface area contributed by atoms with E-state index in [-0.39, 0.29) is 0 Å². The van der Waals surface area contributed by atoms with E-state index < -0.39 is 0 Å². The third-order valence-corrected chi connectivity index (χ3v) is 4.17. The summed E-state index contributed by atoms with van der Waals surface area (Å²) in [5.74, 6) is 0.681. The van der Waals surface area contributed by atoms with Crippen molar-refractivity contribution in [3.05, 3.63) is 33.8 Å². The maximum atomic E-state index is 3.63. The number of hydrogen-bond acceptors (Lipinski definition) is 0. The number of rotatable bonds is 0. The van der Waals surface area contributed by atoms with Gasteiger partial charge in [-0.05, 0) is 34.9 Å². The van der Waals surface area contributed by atoms with Crippen molar-refractivity contribution in [3.8, 4) is 0 Å². The Morgan fingerprint density at radius 1 is 1.38 bits per heavy atom. The molecule has 13 heavy (non-hydrogen) atoms. The average Bonchev–Trinajstić information content (AvgIpc) is 2.28. The maximum absolute atomic E-state index is 3.63. The van der Waals surface area contributed by atoms with Gasteiger partial charge in [-0.15, -0.1) is 0 Å². The third-order valence-electron chi connectivity index (χ3n) is 3.43. The lowest BCUT2D eigenvalue weighted by Gasteiger charge is -2.23. The summed E-state index contributed by atoms with van der Waals surface area (Å²) < 4.78 is 1.28. The van der Waals surface area contributed by atoms with Crippen LogP contribution in [0.4, 0.5) is 0 Å². The highest BCUT2D eigenvalue weighted by Crippen LogP contribution is 2.48. The van der Waals surface area contributed by atoms with Gasteiger partial charge in [0.15, 0.2) is 0 Å². The second-order valence-corrected chi connectivity index (χ2v) is 5.55. The first-order valence-corrected chi connectivity index (χ1v) is 5.59. The molecule has 1 aliphatic rings. The summed E-state index contributed by atoms with van der Waals surface area (Å²) >= 11 is 3.63. The van der Waals surface area contributed by atoms with Gasteiger partial charge in [0.1, 0.15) is 0 Å². The van der Waals surface area contributed by atoms with Crippen molar-refractivity contribution in [1.82, 2.24) is 0 Å². The van der Waals surface area contributed by atoms with Gasteiger partial charge in [0.25, 0.3) is 0 Å². The highest BCUT2D eigenvalue weighted by atomic mass is 79.9. The lowest BCUT2D eigenvalue weighted by molar-refractivity contribution is 0.330. The fraction of sp³-hybridized carbons (Fsp3) is 0.500. The van der Waals surface area contributed by atoms with Crippen LogP contribution in [0, 0.1) is 5.41 Å². The van der Waals surface area contributed by atoms with Crippen LogP contribution < -0.4 is 0 Å². The molecule has 70 valence electrons. The van der Waals surface area contributed by atoms with Crippen molar-refractivity contribution in [3.63, 3.8) is 0 Å². The van der Waals surface area contributed by atoms with E-state index in [1.165, 1.54) is 22.0 Å². The maximum Gasteiger partial charge on any atom is 0.0210 e. The zero-order chi connectivity index (χ0) is 9.64. The van der Waals surface area contributed by atoms with Crippen LogP contribution in [-0.4, -0.2) is 0 Å². The predicted molar refractivity (Wildman–Crippen MR) is 60.0 cm³/mol. The van der Waals surface area contributed by atoms with Crippen molar-refractivity contribution >= 4 is 15.9 Å². The Morgan fingerprint density at radius 2 is 2.08 bits per heavy atom. The van der Waals surface area contributed by atoms with Gasteiger partial charge in [-0.1, -0.05) is 48.8 Å². The summed E-state index contributed by atoms with van der Waals surface area (Å²) in [5, 5.41) is 0. The Morgan fingerprint density at radius 3 is 2.69 bits per heavy atom. The van der Waals surface area contributed by atoms with Gasteiger partial charge in [-0.25, -0.2) is 0 Å². The molecule has 2 rings (SSSR count). The number of halogens is 1. The molecule has 0 heterocycles. The van der Waals surface area contributed by atoms with Crippen LogP contribution in [0.5, 0.6) is 0 Å². The lowest BCUT2D eigenvalue weighted by atomic mass is 9.81. The smallest absolute Gasteiger partial charge is 0.0210 e. The van der Waals surface area contributed by atoms with Crippen molar-refractivity contribution in [2.24, 2.45) is 5.41 Å². The second kappa shape index (κ2) is 2.84. The number of hydrogen-bond donors (Lipinski definition) is 0. The molecule has 1 aromatic carbocycles. The van der Waals surface area contributed by atoms with Gasteiger partial charge in [0, 0.05) is 4.47 Å². The molecule has 0 saturated heterocycles. The van der Waals surface area contributed by atoms with Crippen LogP contribution in [0.2, 0.25) is 0 Å². The van der Waals surface area contributed by atoms with Gasteiger partial charge in [-0.2, -0.15) is 0 Å². The van der Waals surface area contributed by atoms with Crippen LogP contribution in [0.15, 0.2) is 22.7 Å². The second-order valence-electron chi connectivity index (χ2n) is 4.69. The van der Waals surface area contributed by atoms with Crippen molar-refractivity contribution < 1.29 is 0 Å². The molecule has 0 unspecified atom stereocenters. The van der Waals surface area contributed by atoms with Crippen LogP contribution in [0.25, 0.3) is 0 Å². The van der Waals surface area contributed by atoms with E-state index in [0.29, 0.717) is 11.3 Å². The highest BCUT2D eigenvalue weighted by molar-refractivity contribution is 9.10. The van der Waals surface area contributed by atoms with E-state index in [1.807, 2.05) is 0 Å². The molecule has 0 radical (unpaired) electrons. The topological polar surface area (TPSA) is 0 Å². The molecule has 1 heteroatoms. The van der Waals surface area contributed by atoms with Crippen LogP contribution in [-0.2, 0) is 6.42 Å². The predicted octanol–water partition coefficient (Wildman–Crippen LogP) is 4.13. The van der Waals surface area contributed by atoms with Gasteiger partial charge < -0.3 is 0 Å². The molecule has 0 fully saturated rings. The quantitative estimate of drug-likeness (QED) is 0.638. The van der Waals surface area contributed by atoms with Crippen LogP contribution in [0.1, 0.15) is 37.8 Å². The molecule has 0 aliphatic heterocycles. The highest BCUT2D eigenvalue weighted by Gasteiger charge is 2.36. The Balaban J connectivity index is 2.56. The zero-order valence-corrected chi connectivity index (χ0v) is 9.98. The molecule has 0 amide bonds. The van der Waals surface area contributed by atoms with E-state index in [4.69, 9.17) is 0 Å². The first kappa shape index (κ1) is 9.26. The largest absolute Gasteiger partial charge is 0.0608 e. The molecule has 1 aliphatic carbocycles. The van der Waals surface area contributed by atoms with E-state index in [1.54, 1.807) is 0 Å². The molecule has 1 atom stereocenters. The fourth-order valence-electron chi connectivity index (χ4n) is 2.20. The number of fused-ring (bicyclic) bond motifs is 1. The molecule has 1 aromatic rings. The fourth-order valence-corrected chi connectivity index (χ4v) is 2.72. The van der Waals surface area contributed by atoms with E-state index in [2.05, 4.69) is 54.9 Å². The Bertz CT molecular complexity index is 339. The Labute approximate surface area is 88.5 Å². The Hall–Kier alpha value is -0.300. The van der Waals surface area contributed by atoms with Crippen LogP contribution in [0.3, 0.4) is 0 Å². The van der Waals surface area contributed by atoms with E-state index in [9.17, 15) is 0 Å². The third kappa shape index (κ3) is 1.34. The van der Waals surface area contributed by atoms with E-state index >= 15 is 0 Å². The summed E-state index contributed by atoms with van der Waals surface area (Å²) in [6.07, 6.45) is 1.20. The summed E-state index contributed by atoms with van der Waals surface area (Å²) in [5.41, 5.74) is 3.46. The van der Waals surface area contributed by atoms with Crippen molar-refractivity contribution in [2.45, 2.75) is 33.1 Å². The number of benzene rings is 1. The zero-order valence-electron chi connectivity index (χ0n) is 8.39. The molecular weight excluding hydrogens is 224 g/mol. The Kier molecular flexibility index (Phi) is 2.03. The SMILES string of the molecule is C[C@@H]1c2cccc(Br)c2CC1(C)C. The van der Waals surface area contributed by atoms with Crippen molar-refractivity contribution in [1.29, 1.82) is 0 Å². The lowest BCUT2D eigenvalue weighted by Crippen LogP contribution is -2.14. The molecule has 0 nitrogen and oxygen atoms in total. The van der Waals surface area contributed by atoms with E-state index in [0.717, 1.165) is 0 Å². The van der Waals surface area contributed by atoms with Gasteiger partial charge in [0.2, 0.25) is 0 Å². The molecule has 0 N–H and O–H groups in total.